The third-order valence-corrected chi connectivity index (χ3v) is 3.59. The van der Waals surface area contributed by atoms with Crippen LogP contribution >= 0.6 is 0 Å². The van der Waals surface area contributed by atoms with E-state index >= 15 is 0 Å². The molecule has 0 saturated heterocycles. The van der Waals surface area contributed by atoms with E-state index in [1.165, 1.54) is 17.7 Å². The number of hydrogen-bond donors (Lipinski definition) is 0. The maximum absolute atomic E-state index is 14.0. The topological polar surface area (TPSA) is 12.9 Å². The maximum atomic E-state index is 14.0. The van der Waals surface area contributed by atoms with Crippen molar-refractivity contribution in [1.82, 2.24) is 4.98 Å². The summed E-state index contributed by atoms with van der Waals surface area (Å²) in [6, 6.07) is 14.1. The molecule has 0 saturated carbocycles. The Labute approximate surface area is 128 Å². The summed E-state index contributed by atoms with van der Waals surface area (Å²) in [7, 11) is 0. The minimum absolute atomic E-state index is 0.0824. The molecule has 1 aromatic heterocycles. The van der Waals surface area contributed by atoms with Crippen LogP contribution in [0.15, 0.2) is 54.7 Å². The number of pyridine rings is 1. The van der Waals surface area contributed by atoms with Gasteiger partial charge in [-0.05, 0) is 43.2 Å². The second kappa shape index (κ2) is 5.68. The Balaban J connectivity index is 2.00. The van der Waals surface area contributed by atoms with Crippen molar-refractivity contribution >= 4 is 0 Å². The van der Waals surface area contributed by atoms with Crippen molar-refractivity contribution in [3.8, 4) is 22.4 Å². The molecule has 2 aromatic carbocycles. The Morgan fingerprint density at radius 1 is 0.727 bits per heavy atom. The molecule has 0 fully saturated rings. The summed E-state index contributed by atoms with van der Waals surface area (Å²) >= 11 is 0. The number of benzene rings is 2. The van der Waals surface area contributed by atoms with E-state index in [0.717, 1.165) is 11.1 Å². The number of hydrogen-bond acceptors (Lipinski definition) is 1. The average molecular weight is 295 g/mol. The van der Waals surface area contributed by atoms with Gasteiger partial charge in [0.15, 0.2) is 0 Å². The molecular weight excluding hydrogens is 280 g/mol. The minimum atomic E-state index is -0.590. The van der Waals surface area contributed by atoms with E-state index in [1.54, 1.807) is 19.2 Å². The maximum Gasteiger partial charge on any atom is 0.135 e. The number of aromatic nitrogens is 1. The van der Waals surface area contributed by atoms with Gasteiger partial charge in [-0.25, -0.2) is 8.78 Å². The SMILES string of the molecule is Cc1ccc(-c2ccc(-c3c(F)cc(C)cc3F)nc2)cc1. The van der Waals surface area contributed by atoms with Crippen LogP contribution in [0.1, 0.15) is 11.1 Å². The molecule has 3 heteroatoms. The molecule has 0 atom stereocenters. The zero-order chi connectivity index (χ0) is 15.7. The van der Waals surface area contributed by atoms with Crippen LogP contribution in [0, 0.1) is 25.5 Å². The molecule has 0 bridgehead atoms. The summed E-state index contributed by atoms with van der Waals surface area (Å²) < 4.78 is 28.0. The van der Waals surface area contributed by atoms with Gasteiger partial charge in [0, 0.05) is 11.8 Å². The molecule has 1 heterocycles. The summed E-state index contributed by atoms with van der Waals surface area (Å²) in [6.45, 7) is 3.68. The predicted molar refractivity (Wildman–Crippen MR) is 84.5 cm³/mol. The molecule has 0 amide bonds. The van der Waals surface area contributed by atoms with Gasteiger partial charge in [-0.3, -0.25) is 4.98 Å². The second-order valence-corrected chi connectivity index (χ2v) is 5.40. The van der Waals surface area contributed by atoms with Gasteiger partial charge >= 0.3 is 0 Å². The third-order valence-electron chi connectivity index (χ3n) is 3.59. The van der Waals surface area contributed by atoms with Crippen LogP contribution in [0.25, 0.3) is 22.4 Å². The van der Waals surface area contributed by atoms with E-state index < -0.39 is 11.6 Å². The lowest BCUT2D eigenvalue weighted by Crippen LogP contribution is -1.94. The Hall–Kier alpha value is -2.55. The Morgan fingerprint density at radius 3 is 1.86 bits per heavy atom. The molecule has 3 aromatic rings. The molecule has 3 rings (SSSR count). The summed E-state index contributed by atoms with van der Waals surface area (Å²) in [5.74, 6) is -1.18. The second-order valence-electron chi connectivity index (χ2n) is 5.40. The first-order valence-corrected chi connectivity index (χ1v) is 7.04. The van der Waals surface area contributed by atoms with Gasteiger partial charge in [0.1, 0.15) is 11.6 Å². The van der Waals surface area contributed by atoms with E-state index in [1.807, 2.05) is 37.3 Å². The summed E-state index contributed by atoms with van der Waals surface area (Å²) in [5.41, 5.74) is 3.88. The molecule has 0 aliphatic rings. The minimum Gasteiger partial charge on any atom is -0.255 e. The number of halogens is 2. The quantitative estimate of drug-likeness (QED) is 0.624. The zero-order valence-corrected chi connectivity index (χ0v) is 12.4. The van der Waals surface area contributed by atoms with Crippen molar-refractivity contribution in [2.75, 3.05) is 0 Å². The summed E-state index contributed by atoms with van der Waals surface area (Å²) in [6.07, 6.45) is 1.64. The first kappa shape index (κ1) is 14.4. The van der Waals surface area contributed by atoms with Gasteiger partial charge in [-0.1, -0.05) is 35.9 Å². The highest BCUT2D eigenvalue weighted by atomic mass is 19.1. The summed E-state index contributed by atoms with van der Waals surface area (Å²) in [5, 5.41) is 0. The lowest BCUT2D eigenvalue weighted by molar-refractivity contribution is 0.587. The first-order valence-electron chi connectivity index (χ1n) is 7.04. The van der Waals surface area contributed by atoms with Crippen LogP contribution in [-0.4, -0.2) is 4.98 Å². The van der Waals surface area contributed by atoms with Crippen molar-refractivity contribution in [2.24, 2.45) is 0 Å². The van der Waals surface area contributed by atoms with Gasteiger partial charge in [-0.2, -0.15) is 0 Å². The van der Waals surface area contributed by atoms with Crippen LogP contribution in [0.3, 0.4) is 0 Å². The fraction of sp³-hybridized carbons (Fsp3) is 0.105. The molecule has 0 unspecified atom stereocenters. The molecular formula is C19H15F2N. The van der Waals surface area contributed by atoms with Crippen LogP contribution in [0.2, 0.25) is 0 Å². The van der Waals surface area contributed by atoms with E-state index in [4.69, 9.17) is 0 Å². The van der Waals surface area contributed by atoms with Gasteiger partial charge in [0.05, 0.1) is 11.3 Å². The molecule has 110 valence electrons. The predicted octanol–water partition coefficient (Wildman–Crippen LogP) is 5.31. The number of aryl methyl sites for hydroxylation is 2. The van der Waals surface area contributed by atoms with Gasteiger partial charge in [0.25, 0.3) is 0 Å². The monoisotopic (exact) mass is 295 g/mol. The lowest BCUT2D eigenvalue weighted by atomic mass is 10.0. The Bertz CT molecular complexity index is 783. The van der Waals surface area contributed by atoms with Crippen molar-refractivity contribution in [3.63, 3.8) is 0 Å². The largest absolute Gasteiger partial charge is 0.255 e. The van der Waals surface area contributed by atoms with E-state index in [0.29, 0.717) is 11.3 Å². The third kappa shape index (κ3) is 2.75. The van der Waals surface area contributed by atoms with Gasteiger partial charge in [-0.15, -0.1) is 0 Å². The van der Waals surface area contributed by atoms with E-state index in [9.17, 15) is 8.78 Å². The van der Waals surface area contributed by atoms with E-state index in [-0.39, 0.29) is 5.56 Å². The molecule has 22 heavy (non-hydrogen) atoms. The molecule has 0 aliphatic heterocycles. The van der Waals surface area contributed by atoms with Crippen LogP contribution in [0.4, 0.5) is 8.78 Å². The number of nitrogens with zero attached hydrogens (tertiary/aromatic N) is 1. The lowest BCUT2D eigenvalue weighted by Gasteiger charge is -2.07. The molecule has 0 N–H and O–H groups in total. The van der Waals surface area contributed by atoms with Crippen molar-refractivity contribution in [1.29, 1.82) is 0 Å². The zero-order valence-electron chi connectivity index (χ0n) is 12.4. The molecule has 0 spiro atoms. The Morgan fingerprint density at radius 2 is 1.32 bits per heavy atom. The smallest absolute Gasteiger partial charge is 0.135 e. The molecule has 0 aliphatic carbocycles. The first-order chi connectivity index (χ1) is 10.5. The van der Waals surface area contributed by atoms with Gasteiger partial charge in [0.2, 0.25) is 0 Å². The normalized spacial score (nSPS) is 10.7. The van der Waals surface area contributed by atoms with Gasteiger partial charge < -0.3 is 0 Å². The highest BCUT2D eigenvalue weighted by Gasteiger charge is 2.13. The highest BCUT2D eigenvalue weighted by molar-refractivity contribution is 5.67. The number of rotatable bonds is 2. The molecule has 0 radical (unpaired) electrons. The van der Waals surface area contributed by atoms with Crippen molar-refractivity contribution < 1.29 is 8.78 Å². The van der Waals surface area contributed by atoms with Crippen molar-refractivity contribution in [3.05, 3.63) is 77.5 Å². The van der Waals surface area contributed by atoms with Crippen LogP contribution < -0.4 is 0 Å². The van der Waals surface area contributed by atoms with Crippen LogP contribution in [0.5, 0.6) is 0 Å². The fourth-order valence-electron chi connectivity index (χ4n) is 2.40. The van der Waals surface area contributed by atoms with Crippen LogP contribution in [-0.2, 0) is 0 Å². The Kier molecular flexibility index (Phi) is 3.72. The summed E-state index contributed by atoms with van der Waals surface area (Å²) in [4.78, 5) is 4.22. The average Bonchev–Trinajstić information content (AvgIpc) is 2.48. The van der Waals surface area contributed by atoms with Crippen molar-refractivity contribution in [2.45, 2.75) is 13.8 Å². The highest BCUT2D eigenvalue weighted by Crippen LogP contribution is 2.27. The standard InChI is InChI=1S/C19H15F2N/c1-12-3-5-14(6-4-12)15-7-8-18(22-11-15)19-16(20)9-13(2)10-17(19)21/h3-11H,1-2H3. The fourth-order valence-corrected chi connectivity index (χ4v) is 2.40. The van der Waals surface area contributed by atoms with E-state index in [2.05, 4.69) is 4.98 Å². The molecule has 1 nitrogen and oxygen atoms in total.